The van der Waals surface area contributed by atoms with E-state index in [2.05, 4.69) is 22.9 Å². The van der Waals surface area contributed by atoms with Crippen LogP contribution in [0.3, 0.4) is 0 Å². The van der Waals surface area contributed by atoms with E-state index >= 15 is 0 Å². The summed E-state index contributed by atoms with van der Waals surface area (Å²) in [5.74, 6) is -0.162. The highest BCUT2D eigenvalue weighted by molar-refractivity contribution is 7.13. The number of hydrogen-bond acceptors (Lipinski definition) is 5. The zero-order valence-corrected chi connectivity index (χ0v) is 19.8. The zero-order chi connectivity index (χ0) is 22.5. The minimum Gasteiger partial charge on any atom is -0.490 e. The number of rotatable bonds is 10. The number of aromatic carboxylic acids is 1. The topological polar surface area (TPSA) is 83.7 Å². The molecule has 0 amide bonds. The number of carbonyl (C=O) groups is 1. The van der Waals surface area contributed by atoms with Crippen LogP contribution in [-0.4, -0.2) is 46.0 Å². The molecule has 0 fully saturated rings. The summed E-state index contributed by atoms with van der Waals surface area (Å²) in [7, 11) is 0. The standard InChI is InChI=1S/C25H26N2O4S.ClH/c1-17(15-27-11-10-18-13-19(25(29)30)8-9-22(18)27)26-14-20(28)16-31-23-6-3-2-5-21(23)24-7-4-12-32-24;/h2-13,17,20,26,28H,14-16H2,1H3,(H,29,30);1H/t17-,20+;/m1./s1. The van der Waals surface area contributed by atoms with Gasteiger partial charge in [0.25, 0.3) is 0 Å². The summed E-state index contributed by atoms with van der Waals surface area (Å²) in [6.45, 7) is 3.36. The van der Waals surface area contributed by atoms with Crippen molar-refractivity contribution in [3.05, 3.63) is 77.8 Å². The van der Waals surface area contributed by atoms with Gasteiger partial charge in [-0.05, 0) is 54.8 Å². The molecule has 2 heterocycles. The van der Waals surface area contributed by atoms with E-state index in [4.69, 9.17) is 9.84 Å². The quantitative estimate of drug-likeness (QED) is 0.296. The molecule has 33 heavy (non-hydrogen) atoms. The molecule has 3 N–H and O–H groups in total. The predicted molar refractivity (Wildman–Crippen MR) is 135 cm³/mol. The number of aromatic nitrogens is 1. The first kappa shape index (κ1) is 24.8. The molecule has 0 aliphatic heterocycles. The van der Waals surface area contributed by atoms with Crippen LogP contribution in [0, 0.1) is 0 Å². The summed E-state index contributed by atoms with van der Waals surface area (Å²) in [5.41, 5.74) is 2.30. The first-order chi connectivity index (χ1) is 15.5. The molecule has 2 aromatic carbocycles. The Hall–Kier alpha value is -2.84. The Morgan fingerprint density at radius 2 is 1.97 bits per heavy atom. The molecule has 0 aliphatic carbocycles. The second-order valence-corrected chi connectivity index (χ2v) is 8.74. The van der Waals surface area contributed by atoms with Crippen molar-refractivity contribution >= 4 is 40.6 Å². The number of ether oxygens (including phenoxy) is 1. The zero-order valence-electron chi connectivity index (χ0n) is 18.2. The molecule has 4 aromatic rings. The maximum atomic E-state index is 11.2. The SMILES string of the molecule is C[C@H](Cn1ccc2cc(C(=O)O)ccc21)NC[C@H](O)COc1ccccc1-c1cccs1.Cl. The highest BCUT2D eigenvalue weighted by Crippen LogP contribution is 2.33. The van der Waals surface area contributed by atoms with Gasteiger partial charge in [-0.25, -0.2) is 4.79 Å². The number of benzene rings is 2. The van der Waals surface area contributed by atoms with E-state index in [1.54, 1.807) is 23.5 Å². The lowest BCUT2D eigenvalue weighted by atomic mass is 10.1. The van der Waals surface area contributed by atoms with Crippen molar-refractivity contribution in [1.82, 2.24) is 9.88 Å². The van der Waals surface area contributed by atoms with Crippen LogP contribution in [0.4, 0.5) is 0 Å². The molecule has 8 heteroatoms. The van der Waals surface area contributed by atoms with Crippen molar-refractivity contribution in [3.8, 4) is 16.2 Å². The van der Waals surface area contributed by atoms with Crippen LogP contribution in [0.5, 0.6) is 5.75 Å². The van der Waals surface area contributed by atoms with Crippen LogP contribution < -0.4 is 10.1 Å². The molecule has 0 saturated carbocycles. The minimum absolute atomic E-state index is 0. The third kappa shape index (κ3) is 6.15. The van der Waals surface area contributed by atoms with E-state index in [0.29, 0.717) is 13.1 Å². The summed E-state index contributed by atoms with van der Waals surface area (Å²) in [4.78, 5) is 12.3. The molecule has 2 aromatic heterocycles. The van der Waals surface area contributed by atoms with Crippen molar-refractivity contribution in [1.29, 1.82) is 0 Å². The maximum absolute atomic E-state index is 11.2. The van der Waals surface area contributed by atoms with Crippen molar-refractivity contribution in [3.63, 3.8) is 0 Å². The van der Waals surface area contributed by atoms with Crippen LogP contribution in [-0.2, 0) is 6.54 Å². The number of hydrogen-bond donors (Lipinski definition) is 3. The van der Waals surface area contributed by atoms with Gasteiger partial charge in [-0.1, -0.05) is 18.2 Å². The highest BCUT2D eigenvalue weighted by atomic mass is 35.5. The number of thiophene rings is 1. The molecule has 6 nitrogen and oxygen atoms in total. The number of nitrogens with zero attached hydrogens (tertiary/aromatic N) is 1. The number of fused-ring (bicyclic) bond motifs is 1. The second-order valence-electron chi connectivity index (χ2n) is 7.79. The average molecular weight is 487 g/mol. The first-order valence-corrected chi connectivity index (χ1v) is 11.4. The summed E-state index contributed by atoms with van der Waals surface area (Å²) in [5, 5.41) is 25.8. The Balaban J connectivity index is 0.00000306. The number of carboxylic acids is 1. The molecule has 0 spiro atoms. The van der Waals surface area contributed by atoms with Crippen molar-refractivity contribution in [2.75, 3.05) is 13.2 Å². The highest BCUT2D eigenvalue weighted by Gasteiger charge is 2.13. The fraction of sp³-hybridized carbons (Fsp3) is 0.240. The molecule has 2 atom stereocenters. The Morgan fingerprint density at radius 3 is 2.73 bits per heavy atom. The number of aliphatic hydroxyl groups is 1. The lowest BCUT2D eigenvalue weighted by Crippen LogP contribution is -2.38. The number of aliphatic hydroxyl groups excluding tert-OH is 1. The van der Waals surface area contributed by atoms with Crippen LogP contribution in [0.15, 0.2) is 72.2 Å². The van der Waals surface area contributed by atoms with Crippen LogP contribution >= 0.6 is 23.7 Å². The van der Waals surface area contributed by atoms with Gasteiger partial charge in [0.05, 0.1) is 5.56 Å². The smallest absolute Gasteiger partial charge is 0.335 e. The van der Waals surface area contributed by atoms with Crippen LogP contribution in [0.25, 0.3) is 21.3 Å². The van der Waals surface area contributed by atoms with Crippen molar-refractivity contribution in [2.45, 2.75) is 25.6 Å². The van der Waals surface area contributed by atoms with Gasteiger partial charge >= 0.3 is 5.97 Å². The monoisotopic (exact) mass is 486 g/mol. The summed E-state index contributed by atoms with van der Waals surface area (Å²) < 4.78 is 7.99. The molecule has 0 radical (unpaired) electrons. The van der Waals surface area contributed by atoms with Gasteiger partial charge in [-0.3, -0.25) is 0 Å². The third-order valence-corrected chi connectivity index (χ3v) is 6.20. The normalized spacial score (nSPS) is 12.8. The van der Waals surface area contributed by atoms with Gasteiger partial charge in [-0.2, -0.15) is 0 Å². The second kappa shape index (κ2) is 11.3. The van der Waals surface area contributed by atoms with Gasteiger partial charge in [0, 0.05) is 46.7 Å². The Labute approximate surface area is 202 Å². The summed E-state index contributed by atoms with van der Waals surface area (Å²) in [6, 6.07) is 19.1. The first-order valence-electron chi connectivity index (χ1n) is 10.5. The summed E-state index contributed by atoms with van der Waals surface area (Å²) >= 11 is 1.66. The molecule has 4 rings (SSSR count). The lowest BCUT2D eigenvalue weighted by molar-refractivity contribution is 0.0697. The molecule has 0 unspecified atom stereocenters. The van der Waals surface area contributed by atoms with E-state index in [-0.39, 0.29) is 30.6 Å². The molecule has 0 aliphatic rings. The van der Waals surface area contributed by atoms with E-state index in [0.717, 1.165) is 27.1 Å². The largest absolute Gasteiger partial charge is 0.490 e. The Morgan fingerprint density at radius 1 is 1.15 bits per heavy atom. The molecular weight excluding hydrogens is 460 g/mol. The van der Waals surface area contributed by atoms with Gasteiger partial charge in [0.1, 0.15) is 18.5 Å². The number of para-hydroxylation sites is 1. The Kier molecular flexibility index (Phi) is 8.52. The third-order valence-electron chi connectivity index (χ3n) is 5.30. The van der Waals surface area contributed by atoms with E-state index in [1.807, 2.05) is 54.0 Å². The maximum Gasteiger partial charge on any atom is 0.335 e. The fourth-order valence-corrected chi connectivity index (χ4v) is 4.42. The lowest BCUT2D eigenvalue weighted by Gasteiger charge is -2.19. The van der Waals surface area contributed by atoms with Gasteiger partial charge in [-0.15, -0.1) is 23.7 Å². The summed E-state index contributed by atoms with van der Waals surface area (Å²) in [6.07, 6.45) is 1.31. The number of halogens is 1. The van der Waals surface area contributed by atoms with Gasteiger partial charge in [0.2, 0.25) is 0 Å². The minimum atomic E-state index is -0.927. The Bertz CT molecular complexity index is 1190. The van der Waals surface area contributed by atoms with Crippen molar-refractivity contribution < 1.29 is 19.7 Å². The average Bonchev–Trinajstić information content (AvgIpc) is 3.46. The number of nitrogens with one attached hydrogen (secondary N) is 1. The van der Waals surface area contributed by atoms with E-state index in [1.165, 1.54) is 0 Å². The molecular formula is C25H27ClN2O4S. The fourth-order valence-electron chi connectivity index (χ4n) is 3.66. The molecule has 0 bridgehead atoms. The van der Waals surface area contributed by atoms with E-state index in [9.17, 15) is 9.90 Å². The van der Waals surface area contributed by atoms with Gasteiger partial charge in [0.15, 0.2) is 0 Å². The van der Waals surface area contributed by atoms with Crippen LogP contribution in [0.1, 0.15) is 17.3 Å². The predicted octanol–water partition coefficient (Wildman–Crippen LogP) is 4.91. The molecule has 0 saturated heterocycles. The van der Waals surface area contributed by atoms with Crippen molar-refractivity contribution in [2.24, 2.45) is 0 Å². The molecule has 174 valence electrons. The number of carboxylic acid groups (broad SMARTS) is 1. The van der Waals surface area contributed by atoms with Crippen LogP contribution in [0.2, 0.25) is 0 Å². The van der Waals surface area contributed by atoms with E-state index < -0.39 is 12.1 Å². The van der Waals surface area contributed by atoms with Gasteiger partial charge < -0.3 is 24.8 Å².